The van der Waals surface area contributed by atoms with Crippen LogP contribution >= 0.6 is 0 Å². The Labute approximate surface area is 144 Å². The molecule has 0 fully saturated rings. The lowest BCUT2D eigenvalue weighted by Gasteiger charge is -2.13. The predicted molar refractivity (Wildman–Crippen MR) is 85.8 cm³/mol. The maximum Gasteiger partial charge on any atom is 0.420 e. The Bertz CT molecular complexity index is 951. The fourth-order valence-corrected chi connectivity index (χ4v) is 2.13. The van der Waals surface area contributed by atoms with E-state index in [4.69, 9.17) is 5.73 Å². The molecule has 0 atom stereocenters. The molecule has 0 spiro atoms. The first-order valence-electron chi connectivity index (χ1n) is 7.19. The zero-order chi connectivity index (χ0) is 18.9. The van der Waals surface area contributed by atoms with Gasteiger partial charge in [0.2, 0.25) is 0 Å². The van der Waals surface area contributed by atoms with Crippen LogP contribution in [0.3, 0.4) is 0 Å². The van der Waals surface area contributed by atoms with E-state index >= 15 is 0 Å². The average Bonchev–Trinajstić information content (AvgIpc) is 3.01. The van der Waals surface area contributed by atoms with Crippen molar-refractivity contribution in [1.29, 1.82) is 0 Å². The lowest BCUT2D eigenvalue weighted by molar-refractivity contribution is -0.138. The first-order valence-corrected chi connectivity index (χ1v) is 7.19. The Morgan fingerprint density at radius 3 is 2.54 bits per heavy atom. The largest absolute Gasteiger partial charge is 0.420 e. The number of amides is 1. The van der Waals surface area contributed by atoms with Gasteiger partial charge < -0.3 is 15.6 Å². The third-order valence-corrected chi connectivity index (χ3v) is 3.40. The van der Waals surface area contributed by atoms with Crippen molar-refractivity contribution in [1.82, 2.24) is 24.5 Å². The lowest BCUT2D eigenvalue weighted by Crippen LogP contribution is -2.21. The molecule has 26 heavy (non-hydrogen) atoms. The fourth-order valence-electron chi connectivity index (χ4n) is 2.13. The van der Waals surface area contributed by atoms with E-state index in [0.717, 1.165) is 0 Å². The summed E-state index contributed by atoms with van der Waals surface area (Å²) < 4.78 is 41.3. The highest BCUT2D eigenvalue weighted by Gasteiger charge is 2.37. The van der Waals surface area contributed by atoms with Crippen molar-refractivity contribution in [2.24, 2.45) is 7.05 Å². The predicted octanol–water partition coefficient (Wildman–Crippen LogP) is 2.13. The molecule has 0 aliphatic rings. The van der Waals surface area contributed by atoms with Gasteiger partial charge in [-0.25, -0.2) is 19.9 Å². The van der Waals surface area contributed by atoms with Crippen molar-refractivity contribution in [3.63, 3.8) is 0 Å². The van der Waals surface area contributed by atoms with E-state index in [1.807, 2.05) is 0 Å². The zero-order valence-corrected chi connectivity index (χ0v) is 13.3. The maximum atomic E-state index is 13.2. The monoisotopic (exact) mass is 363 g/mol. The summed E-state index contributed by atoms with van der Waals surface area (Å²) in [6.07, 6.45) is -0.170. The minimum absolute atomic E-state index is 0.0569. The Hall–Kier alpha value is -3.50. The summed E-state index contributed by atoms with van der Waals surface area (Å²) >= 11 is 0. The second-order valence-electron chi connectivity index (χ2n) is 5.27. The van der Waals surface area contributed by atoms with E-state index in [-0.39, 0.29) is 17.3 Å². The first kappa shape index (κ1) is 17.3. The molecule has 0 radical (unpaired) electrons. The molecule has 0 bridgehead atoms. The number of alkyl halides is 3. The van der Waals surface area contributed by atoms with Crippen LogP contribution in [0.1, 0.15) is 16.1 Å². The second-order valence-corrected chi connectivity index (χ2v) is 5.27. The van der Waals surface area contributed by atoms with Crippen molar-refractivity contribution in [3.05, 3.63) is 48.3 Å². The van der Waals surface area contributed by atoms with Crippen LogP contribution in [-0.2, 0) is 13.2 Å². The van der Waals surface area contributed by atoms with Crippen LogP contribution in [0.25, 0.3) is 11.5 Å². The van der Waals surface area contributed by atoms with E-state index in [9.17, 15) is 18.0 Å². The van der Waals surface area contributed by atoms with E-state index < -0.39 is 23.3 Å². The number of nitrogen functional groups attached to an aromatic ring is 1. The van der Waals surface area contributed by atoms with Crippen LogP contribution in [0.4, 0.5) is 24.7 Å². The number of halogens is 3. The van der Waals surface area contributed by atoms with Gasteiger partial charge in [-0.3, -0.25) is 4.79 Å². The smallest absolute Gasteiger partial charge is 0.384 e. The number of nitrogens with zero attached hydrogens (tertiary/aromatic N) is 5. The van der Waals surface area contributed by atoms with Crippen LogP contribution < -0.4 is 11.1 Å². The molecule has 0 aliphatic carbocycles. The Morgan fingerprint density at radius 1 is 1.19 bits per heavy atom. The van der Waals surface area contributed by atoms with Gasteiger partial charge in [-0.1, -0.05) is 0 Å². The molecule has 11 heteroatoms. The number of hydrogen-bond donors (Lipinski definition) is 2. The molecule has 3 heterocycles. The third-order valence-electron chi connectivity index (χ3n) is 3.40. The molecule has 8 nitrogen and oxygen atoms in total. The highest BCUT2D eigenvalue weighted by Crippen LogP contribution is 2.32. The van der Waals surface area contributed by atoms with Gasteiger partial charge in [-0.05, 0) is 12.1 Å². The van der Waals surface area contributed by atoms with Crippen molar-refractivity contribution in [3.8, 4) is 11.5 Å². The summed E-state index contributed by atoms with van der Waals surface area (Å²) in [6.45, 7) is 0. The number of aromatic nitrogens is 5. The van der Waals surface area contributed by atoms with Crippen molar-refractivity contribution in [2.75, 3.05) is 11.1 Å². The molecule has 3 N–H and O–H groups in total. The fraction of sp³-hybridized carbons (Fsp3) is 0.133. The van der Waals surface area contributed by atoms with Gasteiger partial charge in [0.25, 0.3) is 5.91 Å². The molecular weight excluding hydrogens is 351 g/mol. The molecule has 0 saturated carbocycles. The number of rotatable bonds is 3. The second kappa shape index (κ2) is 6.43. The molecule has 0 saturated heterocycles. The summed E-state index contributed by atoms with van der Waals surface area (Å²) in [5.41, 5.74) is 3.93. The minimum Gasteiger partial charge on any atom is -0.384 e. The van der Waals surface area contributed by atoms with Gasteiger partial charge in [0.05, 0.1) is 24.4 Å². The molecule has 0 unspecified atom stereocenters. The number of pyridine rings is 1. The van der Waals surface area contributed by atoms with Gasteiger partial charge in [0, 0.05) is 13.2 Å². The average molecular weight is 363 g/mol. The zero-order valence-electron chi connectivity index (χ0n) is 13.3. The third kappa shape index (κ3) is 3.45. The molecule has 3 rings (SSSR count). The number of nitrogens with two attached hydrogens (primary N) is 1. The number of hydrogen-bond acceptors (Lipinski definition) is 6. The van der Waals surface area contributed by atoms with Crippen LogP contribution in [0.2, 0.25) is 0 Å². The SMILES string of the molecule is Cn1cncc1-c1ncc(C(F)(F)F)c(C(=O)Nc2ccc(N)nc2)n1. The minimum atomic E-state index is -4.79. The van der Waals surface area contributed by atoms with Gasteiger partial charge in [0.15, 0.2) is 5.82 Å². The highest BCUT2D eigenvalue weighted by atomic mass is 19.4. The van der Waals surface area contributed by atoms with Gasteiger partial charge >= 0.3 is 6.18 Å². The maximum absolute atomic E-state index is 13.2. The van der Waals surface area contributed by atoms with Gasteiger partial charge in [0.1, 0.15) is 22.8 Å². The van der Waals surface area contributed by atoms with Crippen LogP contribution in [0.5, 0.6) is 0 Å². The van der Waals surface area contributed by atoms with Crippen LogP contribution in [0.15, 0.2) is 37.1 Å². The topological polar surface area (TPSA) is 112 Å². The van der Waals surface area contributed by atoms with Crippen molar-refractivity contribution < 1.29 is 18.0 Å². The standard InChI is InChI=1S/C15H12F3N7O/c1-25-7-20-6-10(25)13-22-5-9(15(16,17)18)12(24-13)14(26)23-8-2-3-11(19)21-4-8/h2-7H,1H3,(H2,19,21)(H,23,26). The highest BCUT2D eigenvalue weighted by molar-refractivity contribution is 6.04. The number of carbonyl (C=O) groups excluding carboxylic acids is 1. The molecule has 3 aromatic rings. The Balaban J connectivity index is 2.03. The number of nitrogens with one attached hydrogen (secondary N) is 1. The Morgan fingerprint density at radius 2 is 1.96 bits per heavy atom. The van der Waals surface area contributed by atoms with Crippen molar-refractivity contribution in [2.45, 2.75) is 6.18 Å². The number of aryl methyl sites for hydroxylation is 1. The molecule has 0 aromatic carbocycles. The first-order chi connectivity index (χ1) is 12.3. The van der Waals surface area contributed by atoms with Crippen molar-refractivity contribution >= 4 is 17.4 Å². The molecule has 0 aliphatic heterocycles. The number of imidazole rings is 1. The van der Waals surface area contributed by atoms with Crippen LogP contribution in [0, 0.1) is 0 Å². The molecule has 3 aromatic heterocycles. The number of anilines is 2. The van der Waals surface area contributed by atoms with Crippen LogP contribution in [-0.4, -0.2) is 30.4 Å². The van der Waals surface area contributed by atoms with E-state index in [1.54, 1.807) is 7.05 Å². The van der Waals surface area contributed by atoms with E-state index in [2.05, 4.69) is 25.3 Å². The molecule has 134 valence electrons. The molecular formula is C15H12F3N7O. The summed E-state index contributed by atoms with van der Waals surface area (Å²) in [4.78, 5) is 27.5. The quantitative estimate of drug-likeness (QED) is 0.737. The summed E-state index contributed by atoms with van der Waals surface area (Å²) in [5, 5.41) is 2.32. The van der Waals surface area contributed by atoms with E-state index in [1.165, 1.54) is 35.4 Å². The Kier molecular flexibility index (Phi) is 4.28. The van der Waals surface area contributed by atoms with E-state index in [0.29, 0.717) is 11.9 Å². The number of carbonyl (C=O) groups is 1. The van der Waals surface area contributed by atoms with Gasteiger partial charge in [-0.2, -0.15) is 13.2 Å². The van der Waals surface area contributed by atoms with Gasteiger partial charge in [-0.15, -0.1) is 0 Å². The summed E-state index contributed by atoms with van der Waals surface area (Å²) in [7, 11) is 1.63. The summed E-state index contributed by atoms with van der Waals surface area (Å²) in [5.74, 6) is -0.896. The molecule has 1 amide bonds. The summed E-state index contributed by atoms with van der Waals surface area (Å²) in [6, 6.07) is 2.82. The lowest BCUT2D eigenvalue weighted by atomic mass is 10.2. The normalized spacial score (nSPS) is 11.4.